The van der Waals surface area contributed by atoms with Crippen molar-refractivity contribution in [1.29, 1.82) is 0 Å². The lowest BCUT2D eigenvalue weighted by Gasteiger charge is -2.18. The number of carbonyl (C=O) groups is 1. The topological polar surface area (TPSA) is 120 Å². The Morgan fingerprint density at radius 3 is 2.45 bits per heavy atom. The first-order chi connectivity index (χ1) is 16.1. The van der Waals surface area contributed by atoms with Crippen LogP contribution >= 0.6 is 0 Å². The van der Waals surface area contributed by atoms with Gasteiger partial charge in [0.2, 0.25) is 6.79 Å². The van der Waals surface area contributed by atoms with Gasteiger partial charge in [0.1, 0.15) is 30.1 Å². The monoisotopic (exact) mass is 448 g/mol. The summed E-state index contributed by atoms with van der Waals surface area (Å²) in [7, 11) is 0. The molecule has 2 aromatic carbocycles. The number of esters is 1. The number of nitrogens with two attached hydrogens (primary N) is 1. The summed E-state index contributed by atoms with van der Waals surface area (Å²) in [5.41, 5.74) is 9.58. The lowest BCUT2D eigenvalue weighted by molar-refractivity contribution is 0.0529. The van der Waals surface area contributed by atoms with E-state index in [4.69, 9.17) is 39.4 Å². The van der Waals surface area contributed by atoms with Crippen molar-refractivity contribution in [1.82, 2.24) is 14.5 Å². The van der Waals surface area contributed by atoms with Crippen LogP contribution in [0.25, 0.3) is 22.2 Å². The molecule has 4 aromatic rings. The second kappa shape index (κ2) is 7.44. The van der Waals surface area contributed by atoms with E-state index in [9.17, 15) is 4.79 Å². The van der Waals surface area contributed by atoms with Crippen LogP contribution in [0.3, 0.4) is 0 Å². The summed E-state index contributed by atoms with van der Waals surface area (Å²) in [5.74, 6) is 2.23. The molecule has 2 aliphatic heterocycles. The van der Waals surface area contributed by atoms with Crippen LogP contribution in [0.2, 0.25) is 0 Å². The van der Waals surface area contributed by atoms with Crippen molar-refractivity contribution >= 4 is 34.0 Å². The highest BCUT2D eigenvalue weighted by Crippen LogP contribution is 2.37. The molecular weight excluding hydrogens is 428 g/mol. The first kappa shape index (κ1) is 19.5. The van der Waals surface area contributed by atoms with Gasteiger partial charge in [0.15, 0.2) is 28.6 Å². The zero-order valence-corrected chi connectivity index (χ0v) is 17.8. The number of carbonyl (C=O) groups excluding carboxylic acids is 1. The molecule has 0 fully saturated rings. The zero-order valence-electron chi connectivity index (χ0n) is 17.8. The van der Waals surface area contributed by atoms with Crippen LogP contribution < -0.4 is 24.7 Å². The van der Waals surface area contributed by atoms with Gasteiger partial charge in [-0.05, 0) is 24.6 Å². The molecule has 0 radical (unpaired) electrons. The van der Waals surface area contributed by atoms with Gasteiger partial charge in [0.25, 0.3) is 0 Å². The van der Waals surface area contributed by atoms with Crippen molar-refractivity contribution in [2.24, 2.45) is 0 Å². The van der Waals surface area contributed by atoms with Gasteiger partial charge in [-0.1, -0.05) is 6.07 Å². The SMILES string of the molecule is CCOC(=O)c1c(N)n(Cc2ccc3c(c2)OCO3)c2nc3cc4c(cc3nc12)OCCO4. The summed E-state index contributed by atoms with van der Waals surface area (Å²) in [6, 6.07) is 9.19. The van der Waals surface area contributed by atoms with E-state index >= 15 is 0 Å². The van der Waals surface area contributed by atoms with Crippen LogP contribution in [-0.4, -0.2) is 47.1 Å². The molecule has 168 valence electrons. The molecule has 0 unspecified atom stereocenters. The van der Waals surface area contributed by atoms with Gasteiger partial charge in [-0.25, -0.2) is 14.8 Å². The number of anilines is 1. The molecule has 0 saturated heterocycles. The third-order valence-corrected chi connectivity index (χ3v) is 5.61. The molecule has 6 rings (SSSR count). The summed E-state index contributed by atoms with van der Waals surface area (Å²) in [6.07, 6.45) is 0. The summed E-state index contributed by atoms with van der Waals surface area (Å²) in [5, 5.41) is 0. The summed E-state index contributed by atoms with van der Waals surface area (Å²) in [4.78, 5) is 22.3. The largest absolute Gasteiger partial charge is 0.486 e. The van der Waals surface area contributed by atoms with Crippen LogP contribution in [0.4, 0.5) is 5.82 Å². The third kappa shape index (κ3) is 3.13. The normalized spacial score (nSPS) is 14.1. The Kier molecular flexibility index (Phi) is 4.39. The minimum Gasteiger partial charge on any atom is -0.486 e. The van der Waals surface area contributed by atoms with Gasteiger partial charge in [0, 0.05) is 12.1 Å². The van der Waals surface area contributed by atoms with E-state index in [1.165, 1.54) is 0 Å². The summed E-state index contributed by atoms with van der Waals surface area (Å²) < 4.78 is 29.3. The van der Waals surface area contributed by atoms with Gasteiger partial charge in [-0.3, -0.25) is 0 Å². The molecule has 33 heavy (non-hydrogen) atoms. The number of aromatic nitrogens is 3. The number of hydrogen-bond acceptors (Lipinski definition) is 9. The minimum absolute atomic E-state index is 0.188. The smallest absolute Gasteiger partial charge is 0.344 e. The van der Waals surface area contributed by atoms with Crippen LogP contribution in [0.15, 0.2) is 30.3 Å². The van der Waals surface area contributed by atoms with Crippen molar-refractivity contribution in [3.8, 4) is 23.0 Å². The van der Waals surface area contributed by atoms with E-state index in [0.717, 1.165) is 5.56 Å². The fraction of sp³-hybridized carbons (Fsp3) is 0.261. The fourth-order valence-corrected chi connectivity index (χ4v) is 4.10. The van der Waals surface area contributed by atoms with E-state index in [0.29, 0.717) is 65.0 Å². The van der Waals surface area contributed by atoms with E-state index in [1.807, 2.05) is 18.2 Å². The van der Waals surface area contributed by atoms with E-state index < -0.39 is 5.97 Å². The third-order valence-electron chi connectivity index (χ3n) is 5.61. The molecule has 10 nitrogen and oxygen atoms in total. The number of nitrogen functional groups attached to an aromatic ring is 1. The lowest BCUT2D eigenvalue weighted by Crippen LogP contribution is -2.15. The van der Waals surface area contributed by atoms with Gasteiger partial charge >= 0.3 is 5.97 Å². The van der Waals surface area contributed by atoms with Crippen molar-refractivity contribution in [2.45, 2.75) is 13.5 Å². The van der Waals surface area contributed by atoms with Crippen molar-refractivity contribution in [3.05, 3.63) is 41.5 Å². The molecular formula is C23H20N4O6. The predicted octanol–water partition coefficient (Wildman–Crippen LogP) is 2.89. The van der Waals surface area contributed by atoms with Crippen molar-refractivity contribution < 1.29 is 28.5 Å². The summed E-state index contributed by atoms with van der Waals surface area (Å²) in [6.45, 7) is 3.42. The molecule has 0 atom stereocenters. The van der Waals surface area contributed by atoms with E-state index in [-0.39, 0.29) is 24.8 Å². The van der Waals surface area contributed by atoms with Crippen LogP contribution in [-0.2, 0) is 11.3 Å². The standard InChI is InChI=1S/C23H20N4O6/c1-2-29-23(28)19-20-22(26-14-9-18-17(8-13(14)25-20)30-5-6-31-18)27(21(19)24)10-12-3-4-15-16(7-12)33-11-32-15/h3-4,7-9H,2,5-6,10-11,24H2,1H3. The molecule has 10 heteroatoms. The fourth-order valence-electron chi connectivity index (χ4n) is 4.10. The van der Waals surface area contributed by atoms with E-state index in [1.54, 1.807) is 23.6 Å². The van der Waals surface area contributed by atoms with Crippen molar-refractivity contribution in [2.75, 3.05) is 32.3 Å². The number of ether oxygens (including phenoxy) is 5. The molecule has 0 aliphatic carbocycles. The second-order valence-corrected chi connectivity index (χ2v) is 7.63. The molecule has 2 N–H and O–H groups in total. The zero-order chi connectivity index (χ0) is 22.5. The molecule has 0 spiro atoms. The van der Waals surface area contributed by atoms with Gasteiger partial charge in [0.05, 0.1) is 24.2 Å². The number of fused-ring (bicyclic) bond motifs is 4. The predicted molar refractivity (Wildman–Crippen MR) is 118 cm³/mol. The average Bonchev–Trinajstić information content (AvgIpc) is 3.38. The molecule has 0 amide bonds. The number of benzene rings is 2. The quantitative estimate of drug-likeness (QED) is 0.470. The number of nitrogens with zero attached hydrogens (tertiary/aromatic N) is 3. The minimum atomic E-state index is -0.546. The Labute approximate surface area is 187 Å². The number of rotatable bonds is 4. The Bertz CT molecular complexity index is 1430. The first-order valence-electron chi connectivity index (χ1n) is 10.6. The highest BCUT2D eigenvalue weighted by atomic mass is 16.7. The highest BCUT2D eigenvalue weighted by Gasteiger charge is 2.26. The van der Waals surface area contributed by atoms with Crippen LogP contribution in [0, 0.1) is 0 Å². The Morgan fingerprint density at radius 1 is 1.00 bits per heavy atom. The van der Waals surface area contributed by atoms with Gasteiger partial charge in [-0.15, -0.1) is 0 Å². The average molecular weight is 448 g/mol. The molecule has 0 bridgehead atoms. The Morgan fingerprint density at radius 2 is 1.70 bits per heavy atom. The van der Waals surface area contributed by atoms with Crippen LogP contribution in [0.1, 0.15) is 22.8 Å². The Balaban J connectivity index is 1.54. The number of hydrogen-bond donors (Lipinski definition) is 1. The Hall–Kier alpha value is -4.21. The lowest BCUT2D eigenvalue weighted by atomic mass is 10.2. The van der Waals surface area contributed by atoms with Crippen molar-refractivity contribution in [3.63, 3.8) is 0 Å². The molecule has 4 heterocycles. The van der Waals surface area contributed by atoms with E-state index in [2.05, 4.69) is 0 Å². The second-order valence-electron chi connectivity index (χ2n) is 7.63. The molecule has 2 aromatic heterocycles. The molecule has 0 saturated carbocycles. The first-order valence-corrected chi connectivity index (χ1v) is 10.6. The van der Waals surface area contributed by atoms with Gasteiger partial charge in [-0.2, -0.15) is 0 Å². The molecule has 2 aliphatic rings. The van der Waals surface area contributed by atoms with Crippen LogP contribution in [0.5, 0.6) is 23.0 Å². The van der Waals surface area contributed by atoms with Gasteiger partial charge < -0.3 is 34.0 Å². The summed E-state index contributed by atoms with van der Waals surface area (Å²) >= 11 is 0. The maximum atomic E-state index is 12.8. The highest BCUT2D eigenvalue weighted by molar-refractivity contribution is 6.08. The maximum Gasteiger partial charge on any atom is 0.344 e. The maximum absolute atomic E-state index is 12.8.